The van der Waals surface area contributed by atoms with E-state index in [9.17, 15) is 0 Å². The van der Waals surface area contributed by atoms with E-state index >= 15 is 0 Å². The Balaban J connectivity index is 0.000000157. The summed E-state index contributed by atoms with van der Waals surface area (Å²) < 4.78 is 0. The van der Waals surface area contributed by atoms with Crippen LogP contribution in [0, 0.1) is 0 Å². The Hall–Kier alpha value is -6.17. The molecule has 0 bridgehead atoms. The Kier molecular flexibility index (Phi) is 18.0. The van der Waals surface area contributed by atoms with Crippen molar-refractivity contribution >= 4 is 45.5 Å². The van der Waals surface area contributed by atoms with E-state index in [0.29, 0.717) is 0 Å². The fourth-order valence-corrected chi connectivity index (χ4v) is 4.62. The topological polar surface area (TPSA) is 56.4 Å². The zero-order valence-electron chi connectivity index (χ0n) is 29.4. The maximum Gasteiger partial charge on any atom is 4.00 e. The van der Waals surface area contributed by atoms with Crippen LogP contribution in [-0.4, -0.2) is 0 Å². The van der Waals surface area contributed by atoms with E-state index in [1.165, 1.54) is 0 Å². The van der Waals surface area contributed by atoms with Gasteiger partial charge >= 0.3 is 25.8 Å². The molecule has 0 spiro atoms. The molecule has 0 aliphatic heterocycles. The van der Waals surface area contributed by atoms with Crippen molar-refractivity contribution in [1.29, 1.82) is 0 Å². The minimum atomic E-state index is 0. The Morgan fingerprint density at radius 2 is 0.245 bits per heavy atom. The summed E-state index contributed by atoms with van der Waals surface area (Å²) in [5.74, 6) is 0. The molecule has 0 atom stereocenters. The van der Waals surface area contributed by atoms with Crippen molar-refractivity contribution in [3.8, 4) is 0 Å². The van der Waals surface area contributed by atoms with Crippen LogP contribution in [0.1, 0.15) is 0 Å². The smallest absolute Gasteiger partial charge is 0.658 e. The molecule has 0 radical (unpaired) electrons. The predicted molar refractivity (Wildman–Crippen MR) is 222 cm³/mol. The van der Waals surface area contributed by atoms with Crippen LogP contribution in [-0.2, 0) is 25.8 Å². The second-order valence-electron chi connectivity index (χ2n) is 11.1. The Bertz CT molecular complexity index is 1580. The van der Waals surface area contributed by atoms with Gasteiger partial charge in [0.25, 0.3) is 0 Å². The first-order valence-electron chi connectivity index (χ1n) is 17.1. The molecule has 0 amide bonds. The van der Waals surface area contributed by atoms with Crippen LogP contribution in [0.25, 0.3) is 21.3 Å². The van der Waals surface area contributed by atoms with Crippen LogP contribution >= 0.6 is 0 Å². The zero-order chi connectivity index (χ0) is 35.7. The largest absolute Gasteiger partial charge is 4.00 e. The number of nitrogens with zero attached hydrogens (tertiary/aromatic N) is 4. The summed E-state index contributed by atoms with van der Waals surface area (Å²) >= 11 is 0. The van der Waals surface area contributed by atoms with E-state index in [2.05, 4.69) is 21.3 Å². The minimum Gasteiger partial charge on any atom is -0.658 e. The molecule has 8 rings (SSSR count). The van der Waals surface area contributed by atoms with Gasteiger partial charge in [-0.2, -0.15) is 0 Å². The number of para-hydroxylation sites is 8. The molecule has 0 aromatic heterocycles. The van der Waals surface area contributed by atoms with Gasteiger partial charge in [-0.15, -0.1) is 45.5 Å². The maximum absolute atomic E-state index is 4.44. The third-order valence-corrected chi connectivity index (χ3v) is 7.08. The number of hydrogen-bond acceptors (Lipinski definition) is 0. The van der Waals surface area contributed by atoms with Crippen molar-refractivity contribution in [2.45, 2.75) is 0 Å². The first-order chi connectivity index (χ1) is 25.8. The van der Waals surface area contributed by atoms with Gasteiger partial charge in [0.05, 0.1) is 0 Å². The van der Waals surface area contributed by atoms with E-state index in [-0.39, 0.29) is 25.8 Å². The Morgan fingerprint density at radius 3 is 0.340 bits per heavy atom. The first kappa shape index (κ1) is 39.6. The van der Waals surface area contributed by atoms with E-state index in [4.69, 9.17) is 0 Å². The number of benzene rings is 8. The van der Waals surface area contributed by atoms with Crippen molar-refractivity contribution in [2.24, 2.45) is 0 Å². The normalized spacial score (nSPS) is 9.36. The molecule has 256 valence electrons. The van der Waals surface area contributed by atoms with Crippen molar-refractivity contribution in [2.75, 3.05) is 0 Å². The van der Waals surface area contributed by atoms with E-state index in [0.717, 1.165) is 45.5 Å². The van der Waals surface area contributed by atoms with Gasteiger partial charge in [0, 0.05) is 0 Å². The monoisotopic (exact) mass is 852 g/mol. The maximum atomic E-state index is 4.44. The molecule has 0 saturated heterocycles. The van der Waals surface area contributed by atoms with Gasteiger partial charge in [-0.1, -0.05) is 243 Å². The van der Waals surface area contributed by atoms with Crippen LogP contribution in [0.4, 0.5) is 45.5 Å². The average molecular weight is 851 g/mol. The third-order valence-electron chi connectivity index (χ3n) is 7.08. The molecule has 0 fully saturated rings. The zero-order valence-corrected chi connectivity index (χ0v) is 33.0. The number of rotatable bonds is 8. The van der Waals surface area contributed by atoms with Gasteiger partial charge in [0.2, 0.25) is 0 Å². The van der Waals surface area contributed by atoms with Crippen LogP contribution in [0.3, 0.4) is 0 Å². The molecule has 0 unspecified atom stereocenters. The van der Waals surface area contributed by atoms with Crippen LogP contribution < -0.4 is 0 Å². The minimum absolute atomic E-state index is 0. The Morgan fingerprint density at radius 1 is 0.151 bits per heavy atom. The van der Waals surface area contributed by atoms with Gasteiger partial charge in [-0.25, -0.2) is 0 Å². The van der Waals surface area contributed by atoms with Gasteiger partial charge in [0.15, 0.2) is 0 Å². The number of hydrogen-bond donors (Lipinski definition) is 0. The summed E-state index contributed by atoms with van der Waals surface area (Å²) in [4.78, 5) is 0. The fraction of sp³-hybridized carbons (Fsp3) is 0. The molecule has 0 aliphatic carbocycles. The van der Waals surface area contributed by atoms with Crippen molar-refractivity contribution in [3.05, 3.63) is 264 Å². The van der Waals surface area contributed by atoms with E-state index in [1.54, 1.807) is 0 Å². The van der Waals surface area contributed by atoms with Gasteiger partial charge < -0.3 is 21.3 Å². The van der Waals surface area contributed by atoms with Crippen molar-refractivity contribution < 1.29 is 25.8 Å². The van der Waals surface area contributed by atoms with Gasteiger partial charge in [-0.3, -0.25) is 0 Å². The molecular formula is C48H40HfN4. The average Bonchev–Trinajstić information content (AvgIpc) is 3.22. The summed E-state index contributed by atoms with van der Waals surface area (Å²) in [6, 6.07) is 79.6. The quantitative estimate of drug-likeness (QED) is 0.137. The molecule has 0 aliphatic rings. The van der Waals surface area contributed by atoms with Crippen LogP contribution in [0.5, 0.6) is 0 Å². The summed E-state index contributed by atoms with van der Waals surface area (Å²) in [6.07, 6.45) is 0. The third kappa shape index (κ3) is 16.2. The molecule has 8 aromatic rings. The summed E-state index contributed by atoms with van der Waals surface area (Å²) in [5.41, 5.74) is 7.95. The van der Waals surface area contributed by atoms with Gasteiger partial charge in [-0.05, 0) is 0 Å². The summed E-state index contributed by atoms with van der Waals surface area (Å²) in [5, 5.41) is 17.8. The second-order valence-corrected chi connectivity index (χ2v) is 11.1. The predicted octanol–water partition coefficient (Wildman–Crippen LogP) is 16.1. The standard InChI is InChI=1S/4C12H10N.Hf/c4*1-3-7-11(8-4-1)13-12-9-5-2-6-10-12;/h4*1-10H;/q4*-1;+4. The molecule has 0 N–H and O–H groups in total. The second kappa shape index (κ2) is 24.1. The van der Waals surface area contributed by atoms with Crippen molar-refractivity contribution in [1.82, 2.24) is 0 Å². The SMILES string of the molecule is [Hf+4].c1ccc([N-]c2ccccc2)cc1.c1ccc([N-]c2ccccc2)cc1.c1ccc([N-]c2ccccc2)cc1.c1ccc([N-]c2ccccc2)cc1. The first-order valence-corrected chi connectivity index (χ1v) is 17.1. The molecule has 0 heterocycles. The van der Waals surface area contributed by atoms with Crippen LogP contribution in [0.2, 0.25) is 0 Å². The molecule has 53 heavy (non-hydrogen) atoms. The Labute approximate surface area is 333 Å². The fourth-order valence-electron chi connectivity index (χ4n) is 4.62. The van der Waals surface area contributed by atoms with E-state index in [1.807, 2.05) is 243 Å². The molecule has 0 saturated carbocycles. The van der Waals surface area contributed by atoms with Crippen molar-refractivity contribution in [3.63, 3.8) is 0 Å². The molecule has 4 nitrogen and oxygen atoms in total. The van der Waals surface area contributed by atoms with E-state index < -0.39 is 0 Å². The molecule has 5 heteroatoms. The summed E-state index contributed by atoms with van der Waals surface area (Å²) in [7, 11) is 0. The van der Waals surface area contributed by atoms with Crippen LogP contribution in [0.15, 0.2) is 243 Å². The summed E-state index contributed by atoms with van der Waals surface area (Å²) in [6.45, 7) is 0. The molecule has 8 aromatic carbocycles. The van der Waals surface area contributed by atoms with Gasteiger partial charge in [0.1, 0.15) is 0 Å². The molecular weight excluding hydrogens is 811 g/mol.